The summed E-state index contributed by atoms with van der Waals surface area (Å²) in [4.78, 5) is 27.9. The molecule has 1 amide bonds. The molecule has 0 saturated carbocycles. The van der Waals surface area contributed by atoms with Gasteiger partial charge in [-0.15, -0.1) is 0 Å². The molecule has 0 fully saturated rings. The molecule has 25 heavy (non-hydrogen) atoms. The monoisotopic (exact) mass is 341 g/mol. The molecule has 1 heterocycles. The summed E-state index contributed by atoms with van der Waals surface area (Å²) in [5.41, 5.74) is 6.02. The molecule has 0 aliphatic heterocycles. The summed E-state index contributed by atoms with van der Waals surface area (Å²) in [6.07, 6.45) is 1.29. The molecule has 6 nitrogen and oxygen atoms in total. The van der Waals surface area contributed by atoms with E-state index < -0.39 is 11.9 Å². The summed E-state index contributed by atoms with van der Waals surface area (Å²) in [5.74, 6) is -0.437. The van der Waals surface area contributed by atoms with Crippen LogP contribution in [0.2, 0.25) is 0 Å². The van der Waals surface area contributed by atoms with Crippen LogP contribution in [0.5, 0.6) is 5.75 Å². The average molecular weight is 341 g/mol. The van der Waals surface area contributed by atoms with E-state index in [1.807, 2.05) is 0 Å². The zero-order valence-electron chi connectivity index (χ0n) is 13.5. The van der Waals surface area contributed by atoms with E-state index in [4.69, 9.17) is 10.5 Å². The summed E-state index contributed by atoms with van der Waals surface area (Å²) < 4.78 is 20.0. The highest BCUT2D eigenvalue weighted by atomic mass is 19.1. The molecule has 7 heteroatoms. The van der Waals surface area contributed by atoms with Gasteiger partial charge >= 0.3 is 0 Å². The van der Waals surface area contributed by atoms with E-state index >= 15 is 0 Å². The summed E-state index contributed by atoms with van der Waals surface area (Å²) >= 11 is 0. The molecule has 0 radical (unpaired) electrons. The molecular weight excluding hydrogens is 325 g/mol. The average Bonchev–Trinajstić information content (AvgIpc) is 2.59. The first-order valence-corrected chi connectivity index (χ1v) is 7.63. The fourth-order valence-corrected chi connectivity index (χ4v) is 2.41. The van der Waals surface area contributed by atoms with E-state index in [0.29, 0.717) is 22.2 Å². The van der Waals surface area contributed by atoms with Crippen LogP contribution in [-0.4, -0.2) is 15.5 Å². The third-order valence-electron chi connectivity index (χ3n) is 3.88. The second-order valence-electron chi connectivity index (χ2n) is 5.63. The second kappa shape index (κ2) is 6.72. The van der Waals surface area contributed by atoms with Crippen LogP contribution in [0, 0.1) is 5.82 Å². The minimum atomic E-state index is -0.784. The fraction of sp³-hybridized carbons (Fsp3) is 0.167. The fourth-order valence-electron chi connectivity index (χ4n) is 2.41. The zero-order valence-corrected chi connectivity index (χ0v) is 13.5. The van der Waals surface area contributed by atoms with Gasteiger partial charge in [0.2, 0.25) is 5.91 Å². The lowest BCUT2D eigenvalue weighted by molar-refractivity contribution is -0.120. The highest BCUT2D eigenvalue weighted by molar-refractivity contribution is 5.81. The Morgan fingerprint density at radius 1 is 1.32 bits per heavy atom. The normalized spacial score (nSPS) is 12.1. The Balaban J connectivity index is 1.87. The van der Waals surface area contributed by atoms with Crippen molar-refractivity contribution in [3.8, 4) is 5.75 Å². The number of carbonyl (C=O) groups excluding carboxylic acids is 1. The van der Waals surface area contributed by atoms with Crippen LogP contribution < -0.4 is 16.0 Å². The minimum Gasteiger partial charge on any atom is -0.489 e. The number of hydrogen-bond acceptors (Lipinski definition) is 4. The summed E-state index contributed by atoms with van der Waals surface area (Å²) in [6, 6.07) is 10.2. The molecule has 0 saturated heterocycles. The minimum absolute atomic E-state index is 0.193. The molecule has 1 aromatic heterocycles. The summed E-state index contributed by atoms with van der Waals surface area (Å²) in [7, 11) is 0. The Labute approximate surface area is 142 Å². The predicted molar refractivity (Wildman–Crippen MR) is 90.6 cm³/mol. The van der Waals surface area contributed by atoms with Gasteiger partial charge < -0.3 is 10.5 Å². The van der Waals surface area contributed by atoms with Crippen molar-refractivity contribution in [3.63, 3.8) is 0 Å². The van der Waals surface area contributed by atoms with Gasteiger partial charge in [-0.3, -0.25) is 14.2 Å². The number of halogens is 1. The first-order valence-electron chi connectivity index (χ1n) is 7.63. The maximum absolute atomic E-state index is 13.2. The van der Waals surface area contributed by atoms with Crippen molar-refractivity contribution in [2.45, 2.75) is 19.6 Å². The van der Waals surface area contributed by atoms with Crippen LogP contribution in [0.1, 0.15) is 18.5 Å². The van der Waals surface area contributed by atoms with Crippen LogP contribution in [0.3, 0.4) is 0 Å². The van der Waals surface area contributed by atoms with Crippen LogP contribution in [-0.2, 0) is 11.4 Å². The Bertz CT molecular complexity index is 1000. The van der Waals surface area contributed by atoms with E-state index in [-0.39, 0.29) is 18.0 Å². The van der Waals surface area contributed by atoms with E-state index in [0.717, 1.165) is 0 Å². The topological polar surface area (TPSA) is 87.2 Å². The van der Waals surface area contributed by atoms with Crippen molar-refractivity contribution in [3.05, 3.63) is 70.5 Å². The Kier molecular flexibility index (Phi) is 4.47. The van der Waals surface area contributed by atoms with Crippen molar-refractivity contribution in [2.75, 3.05) is 0 Å². The van der Waals surface area contributed by atoms with Gasteiger partial charge in [0.15, 0.2) is 0 Å². The number of fused-ring (bicyclic) bond motifs is 1. The molecule has 1 unspecified atom stereocenters. The molecular formula is C18H16FN3O3. The number of ether oxygens (including phenoxy) is 1. The maximum Gasteiger partial charge on any atom is 0.261 e. The third-order valence-corrected chi connectivity index (χ3v) is 3.88. The highest BCUT2D eigenvalue weighted by Gasteiger charge is 2.14. The van der Waals surface area contributed by atoms with Gasteiger partial charge in [-0.1, -0.05) is 12.1 Å². The first kappa shape index (κ1) is 16.6. The number of carbonyl (C=O) groups is 1. The molecule has 128 valence electrons. The van der Waals surface area contributed by atoms with E-state index in [1.54, 1.807) is 30.3 Å². The quantitative estimate of drug-likeness (QED) is 0.770. The van der Waals surface area contributed by atoms with Gasteiger partial charge in [-0.25, -0.2) is 9.37 Å². The Hall–Kier alpha value is -3.22. The van der Waals surface area contributed by atoms with Gasteiger partial charge in [-0.05, 0) is 36.8 Å². The molecule has 0 bridgehead atoms. The SMILES string of the molecule is CC(C(N)=O)n1cnc2cc(OCc3cccc(F)c3)ccc2c1=O. The van der Waals surface area contributed by atoms with Crippen LogP contribution in [0.15, 0.2) is 53.6 Å². The highest BCUT2D eigenvalue weighted by Crippen LogP contribution is 2.19. The number of nitrogens with two attached hydrogens (primary N) is 1. The lowest BCUT2D eigenvalue weighted by atomic mass is 10.2. The number of aromatic nitrogens is 2. The molecule has 1 atom stereocenters. The standard InChI is InChI=1S/C18H16FN3O3/c1-11(17(20)23)22-10-21-16-8-14(5-6-15(16)18(22)24)25-9-12-3-2-4-13(19)7-12/h2-8,10-11H,9H2,1H3,(H2,20,23). The zero-order chi connectivity index (χ0) is 18.0. The smallest absolute Gasteiger partial charge is 0.261 e. The van der Waals surface area contributed by atoms with Gasteiger partial charge in [0.05, 0.1) is 17.2 Å². The number of nitrogens with zero attached hydrogens (tertiary/aromatic N) is 2. The van der Waals surface area contributed by atoms with Crippen molar-refractivity contribution in [2.24, 2.45) is 5.73 Å². The van der Waals surface area contributed by atoms with Crippen molar-refractivity contribution in [1.82, 2.24) is 9.55 Å². The maximum atomic E-state index is 13.2. The lowest BCUT2D eigenvalue weighted by Gasteiger charge is -2.12. The van der Waals surface area contributed by atoms with Gasteiger partial charge in [0.25, 0.3) is 5.56 Å². The molecule has 3 aromatic rings. The predicted octanol–water partition coefficient (Wildman–Crippen LogP) is 2.16. The molecule has 0 aliphatic rings. The number of rotatable bonds is 5. The number of amides is 1. The van der Waals surface area contributed by atoms with Crippen molar-refractivity contribution >= 4 is 16.8 Å². The second-order valence-corrected chi connectivity index (χ2v) is 5.63. The Morgan fingerprint density at radius 3 is 2.84 bits per heavy atom. The van der Waals surface area contributed by atoms with Gasteiger partial charge in [0.1, 0.15) is 24.2 Å². The number of primary amides is 1. The lowest BCUT2D eigenvalue weighted by Crippen LogP contribution is -2.32. The van der Waals surface area contributed by atoms with Crippen LogP contribution >= 0.6 is 0 Å². The van der Waals surface area contributed by atoms with Crippen molar-refractivity contribution < 1.29 is 13.9 Å². The number of hydrogen-bond donors (Lipinski definition) is 1. The van der Waals surface area contributed by atoms with Gasteiger partial charge in [-0.2, -0.15) is 0 Å². The molecule has 3 rings (SSSR count). The van der Waals surface area contributed by atoms with Crippen LogP contribution in [0.4, 0.5) is 4.39 Å². The van der Waals surface area contributed by atoms with Crippen LogP contribution in [0.25, 0.3) is 10.9 Å². The molecule has 0 aliphatic carbocycles. The molecule has 0 spiro atoms. The van der Waals surface area contributed by atoms with E-state index in [2.05, 4.69) is 4.98 Å². The Morgan fingerprint density at radius 2 is 2.12 bits per heavy atom. The molecule has 2 N–H and O–H groups in total. The summed E-state index contributed by atoms with van der Waals surface area (Å²) in [5, 5.41) is 0.355. The van der Waals surface area contributed by atoms with Crippen molar-refractivity contribution in [1.29, 1.82) is 0 Å². The van der Waals surface area contributed by atoms with Gasteiger partial charge in [0, 0.05) is 6.07 Å². The number of benzene rings is 2. The third kappa shape index (κ3) is 3.50. The van der Waals surface area contributed by atoms with E-state index in [1.165, 1.54) is 30.0 Å². The van der Waals surface area contributed by atoms with E-state index in [9.17, 15) is 14.0 Å². The summed E-state index contributed by atoms with van der Waals surface area (Å²) in [6.45, 7) is 1.73. The molecule has 2 aromatic carbocycles. The largest absolute Gasteiger partial charge is 0.489 e. The first-order chi connectivity index (χ1) is 12.0.